The molecule has 0 saturated heterocycles. The van der Waals surface area contributed by atoms with E-state index in [0.717, 1.165) is 0 Å². The molecule has 1 amide bonds. The van der Waals surface area contributed by atoms with Crippen LogP contribution in [0.4, 0.5) is 0 Å². The Kier molecular flexibility index (Phi) is 3.61. The minimum absolute atomic E-state index is 0.0650. The fourth-order valence-electron chi connectivity index (χ4n) is 1.18. The van der Waals surface area contributed by atoms with Crippen molar-refractivity contribution in [3.05, 3.63) is 46.0 Å². The van der Waals surface area contributed by atoms with Gasteiger partial charge in [-0.25, -0.2) is 4.98 Å². The van der Waals surface area contributed by atoms with Gasteiger partial charge in [0.2, 0.25) is 0 Å². The van der Waals surface area contributed by atoms with E-state index in [1.807, 2.05) is 0 Å². The van der Waals surface area contributed by atoms with Gasteiger partial charge in [0, 0.05) is 6.07 Å². The van der Waals surface area contributed by atoms with Crippen molar-refractivity contribution in [2.24, 2.45) is 0 Å². The van der Waals surface area contributed by atoms with E-state index in [1.165, 1.54) is 18.4 Å². The lowest BCUT2D eigenvalue weighted by Gasteiger charge is -2.04. The number of nitrogens with zero attached hydrogens (tertiary/aromatic N) is 2. The van der Waals surface area contributed by atoms with Gasteiger partial charge in [0.15, 0.2) is 0 Å². The van der Waals surface area contributed by atoms with E-state index < -0.39 is 0 Å². The number of nitrogens with one attached hydrogen (secondary N) is 1. The van der Waals surface area contributed by atoms with Crippen molar-refractivity contribution in [2.75, 3.05) is 0 Å². The summed E-state index contributed by atoms with van der Waals surface area (Å²) in [7, 11) is 0. The minimum Gasteiger partial charge on any atom is -0.364 e. The number of rotatable bonds is 3. The highest BCUT2D eigenvalue weighted by atomic mass is 35.5. The smallest absolute Gasteiger partial charge is 0.254 e. The largest absolute Gasteiger partial charge is 0.364 e. The number of hydrogen-bond donors (Lipinski definition) is 1. The first-order valence-corrected chi connectivity index (χ1v) is 5.42. The van der Waals surface area contributed by atoms with Gasteiger partial charge in [-0.15, -0.1) is 0 Å². The monoisotopic (exact) mass is 271 g/mol. The van der Waals surface area contributed by atoms with E-state index in [0.29, 0.717) is 5.69 Å². The van der Waals surface area contributed by atoms with Gasteiger partial charge in [0.05, 0.1) is 12.1 Å². The first kappa shape index (κ1) is 11.9. The molecule has 0 saturated carbocycles. The van der Waals surface area contributed by atoms with Gasteiger partial charge in [-0.2, -0.15) is 0 Å². The zero-order valence-electron chi connectivity index (χ0n) is 8.48. The van der Waals surface area contributed by atoms with Crippen molar-refractivity contribution >= 4 is 29.1 Å². The number of hydrogen-bond acceptors (Lipinski definition) is 4. The summed E-state index contributed by atoms with van der Waals surface area (Å²) >= 11 is 11.4. The van der Waals surface area contributed by atoms with Crippen molar-refractivity contribution in [3.63, 3.8) is 0 Å². The molecule has 0 spiro atoms. The molecule has 0 aromatic carbocycles. The molecule has 0 unspecified atom stereocenters. The summed E-state index contributed by atoms with van der Waals surface area (Å²) in [5.74, 6) is -0.345. The van der Waals surface area contributed by atoms with E-state index in [-0.39, 0.29) is 28.3 Å². The summed E-state index contributed by atoms with van der Waals surface area (Å²) in [4.78, 5) is 15.5. The van der Waals surface area contributed by atoms with Gasteiger partial charge >= 0.3 is 0 Å². The lowest BCUT2D eigenvalue weighted by atomic mass is 10.2. The SMILES string of the molecule is O=C(NCc1ccon1)c1ccc(Cl)nc1Cl. The van der Waals surface area contributed by atoms with E-state index in [1.54, 1.807) is 6.07 Å². The number of aromatic nitrogens is 2. The fourth-order valence-corrected chi connectivity index (χ4v) is 1.61. The minimum atomic E-state index is -0.345. The second-order valence-electron chi connectivity index (χ2n) is 3.15. The highest BCUT2D eigenvalue weighted by Crippen LogP contribution is 2.16. The molecule has 2 heterocycles. The molecule has 2 aromatic heterocycles. The topological polar surface area (TPSA) is 68.0 Å². The van der Waals surface area contributed by atoms with Gasteiger partial charge in [-0.1, -0.05) is 28.4 Å². The molecule has 7 heteroatoms. The van der Waals surface area contributed by atoms with Crippen LogP contribution >= 0.6 is 23.2 Å². The molecular formula is C10H7Cl2N3O2. The summed E-state index contributed by atoms with van der Waals surface area (Å²) in [6.07, 6.45) is 1.43. The second-order valence-corrected chi connectivity index (χ2v) is 3.89. The maximum absolute atomic E-state index is 11.7. The second kappa shape index (κ2) is 5.16. The third-order valence-corrected chi connectivity index (χ3v) is 2.48. The normalized spacial score (nSPS) is 10.2. The van der Waals surface area contributed by atoms with Crippen LogP contribution in [0.2, 0.25) is 10.3 Å². The van der Waals surface area contributed by atoms with Crippen molar-refractivity contribution < 1.29 is 9.32 Å². The Morgan fingerprint density at radius 3 is 2.82 bits per heavy atom. The first-order valence-electron chi connectivity index (χ1n) is 4.66. The Balaban J connectivity index is 2.04. The lowest BCUT2D eigenvalue weighted by molar-refractivity contribution is 0.0950. The standard InChI is InChI=1S/C10H7Cl2N3O2/c11-8-2-1-7(9(12)14-8)10(16)13-5-6-3-4-17-15-6/h1-4H,5H2,(H,13,16). The zero-order valence-corrected chi connectivity index (χ0v) is 10.00. The van der Waals surface area contributed by atoms with Crippen LogP contribution in [-0.4, -0.2) is 16.0 Å². The van der Waals surface area contributed by atoms with Gasteiger partial charge in [-0.3, -0.25) is 4.79 Å². The summed E-state index contributed by atoms with van der Waals surface area (Å²) in [5, 5.41) is 6.60. The predicted molar refractivity (Wildman–Crippen MR) is 61.9 cm³/mol. The number of halogens is 2. The van der Waals surface area contributed by atoms with Gasteiger partial charge < -0.3 is 9.84 Å². The number of pyridine rings is 1. The molecule has 2 aromatic rings. The Bertz CT molecular complexity index is 528. The van der Waals surface area contributed by atoms with E-state index in [4.69, 9.17) is 23.2 Å². The van der Waals surface area contributed by atoms with Crippen LogP contribution < -0.4 is 5.32 Å². The molecule has 2 rings (SSSR count). The molecular weight excluding hydrogens is 265 g/mol. The molecule has 0 radical (unpaired) electrons. The van der Waals surface area contributed by atoms with Crippen molar-refractivity contribution in [3.8, 4) is 0 Å². The molecule has 0 bridgehead atoms. The van der Waals surface area contributed by atoms with E-state index in [2.05, 4.69) is 20.0 Å². The van der Waals surface area contributed by atoms with Crippen LogP contribution in [0, 0.1) is 0 Å². The number of carbonyl (C=O) groups excluding carboxylic acids is 1. The van der Waals surface area contributed by atoms with Crippen LogP contribution in [0.3, 0.4) is 0 Å². The summed E-state index contributed by atoms with van der Waals surface area (Å²) < 4.78 is 4.63. The van der Waals surface area contributed by atoms with Crippen molar-refractivity contribution in [1.29, 1.82) is 0 Å². The van der Waals surface area contributed by atoms with Crippen LogP contribution in [0.15, 0.2) is 29.0 Å². The molecule has 17 heavy (non-hydrogen) atoms. The molecule has 0 aliphatic rings. The quantitative estimate of drug-likeness (QED) is 0.870. The maximum Gasteiger partial charge on any atom is 0.254 e. The molecule has 0 fully saturated rings. The van der Waals surface area contributed by atoms with Gasteiger partial charge in [-0.05, 0) is 12.1 Å². The van der Waals surface area contributed by atoms with Crippen molar-refractivity contribution in [2.45, 2.75) is 6.54 Å². The fraction of sp³-hybridized carbons (Fsp3) is 0.100. The lowest BCUT2D eigenvalue weighted by Crippen LogP contribution is -2.23. The summed E-state index contributed by atoms with van der Waals surface area (Å²) in [5.41, 5.74) is 0.885. The van der Waals surface area contributed by atoms with Gasteiger partial charge in [0.1, 0.15) is 22.3 Å². The Hall–Kier alpha value is -1.59. The number of carbonyl (C=O) groups is 1. The summed E-state index contributed by atoms with van der Waals surface area (Å²) in [6, 6.07) is 4.66. The predicted octanol–water partition coefficient (Wildman–Crippen LogP) is 2.31. The van der Waals surface area contributed by atoms with Crippen LogP contribution in [0.1, 0.15) is 16.1 Å². The molecule has 1 N–H and O–H groups in total. The third-order valence-electron chi connectivity index (χ3n) is 1.98. The Morgan fingerprint density at radius 2 is 2.18 bits per heavy atom. The molecule has 5 nitrogen and oxygen atoms in total. The summed E-state index contributed by atoms with van der Waals surface area (Å²) in [6.45, 7) is 0.258. The molecule has 88 valence electrons. The highest BCUT2D eigenvalue weighted by Gasteiger charge is 2.11. The average molecular weight is 272 g/mol. The zero-order chi connectivity index (χ0) is 12.3. The maximum atomic E-state index is 11.7. The third kappa shape index (κ3) is 2.95. The molecule has 0 atom stereocenters. The number of amides is 1. The Labute approximate surface area is 107 Å². The van der Waals surface area contributed by atoms with E-state index in [9.17, 15) is 4.79 Å². The van der Waals surface area contributed by atoms with Gasteiger partial charge in [0.25, 0.3) is 5.91 Å². The van der Waals surface area contributed by atoms with E-state index >= 15 is 0 Å². The van der Waals surface area contributed by atoms with Crippen LogP contribution in [0.5, 0.6) is 0 Å². The molecule has 0 aliphatic carbocycles. The Morgan fingerprint density at radius 1 is 1.35 bits per heavy atom. The first-order chi connectivity index (χ1) is 8.16. The highest BCUT2D eigenvalue weighted by molar-refractivity contribution is 6.34. The van der Waals surface area contributed by atoms with Crippen LogP contribution in [-0.2, 0) is 6.54 Å². The van der Waals surface area contributed by atoms with Crippen molar-refractivity contribution in [1.82, 2.24) is 15.5 Å². The van der Waals surface area contributed by atoms with Crippen LogP contribution in [0.25, 0.3) is 0 Å². The average Bonchev–Trinajstić information content (AvgIpc) is 2.78. The molecule has 0 aliphatic heterocycles.